The van der Waals surface area contributed by atoms with Gasteiger partial charge in [-0.15, -0.1) is 10.6 Å². The molecule has 10 heteroatoms. The third-order valence-electron chi connectivity index (χ3n) is 5.69. The highest BCUT2D eigenvalue weighted by molar-refractivity contribution is 7.80. The zero-order chi connectivity index (χ0) is 21.3. The molecule has 0 saturated heterocycles. The van der Waals surface area contributed by atoms with Gasteiger partial charge in [0.25, 0.3) is 0 Å². The SMILES string of the molecule is CO[C@H]1CN=C(C(=CN)[S-](=O)=NC(=O)Nc2c3c(c(F)c4c2CCC4)CCC3)OC1. The van der Waals surface area contributed by atoms with Crippen molar-refractivity contribution in [1.82, 2.24) is 0 Å². The summed E-state index contributed by atoms with van der Waals surface area (Å²) in [7, 11) is -0.544. The predicted molar refractivity (Wildman–Crippen MR) is 111 cm³/mol. The van der Waals surface area contributed by atoms with E-state index in [0.29, 0.717) is 49.0 Å². The molecular formula is C20H24FN4O4S-. The molecule has 0 bridgehead atoms. The van der Waals surface area contributed by atoms with E-state index in [-0.39, 0.29) is 29.3 Å². The number of fused-ring (bicyclic) bond motifs is 2. The molecule has 1 aliphatic heterocycles. The Bertz CT molecular complexity index is 995. The first-order valence-electron chi connectivity index (χ1n) is 9.95. The summed E-state index contributed by atoms with van der Waals surface area (Å²) in [6.07, 6.45) is 5.33. The largest absolute Gasteiger partial charge is 0.476 e. The fourth-order valence-corrected chi connectivity index (χ4v) is 4.93. The van der Waals surface area contributed by atoms with E-state index in [1.807, 2.05) is 0 Å². The van der Waals surface area contributed by atoms with E-state index in [0.717, 1.165) is 30.2 Å². The van der Waals surface area contributed by atoms with E-state index < -0.39 is 16.6 Å². The van der Waals surface area contributed by atoms with Gasteiger partial charge < -0.3 is 29.1 Å². The van der Waals surface area contributed by atoms with E-state index in [1.54, 1.807) is 7.11 Å². The van der Waals surface area contributed by atoms with Crippen molar-refractivity contribution in [2.75, 3.05) is 25.6 Å². The second-order valence-electron chi connectivity index (χ2n) is 7.43. The number of nitrogens with one attached hydrogen (secondary N) is 1. The molecule has 0 spiro atoms. The molecule has 3 N–H and O–H groups in total. The lowest BCUT2D eigenvalue weighted by atomic mass is 9.98. The number of ether oxygens (including phenoxy) is 2. The van der Waals surface area contributed by atoms with Crippen LogP contribution in [0.1, 0.15) is 35.1 Å². The highest BCUT2D eigenvalue weighted by Crippen LogP contribution is 2.41. The van der Waals surface area contributed by atoms with Gasteiger partial charge in [-0.3, -0.25) is 4.99 Å². The lowest BCUT2D eigenvalue weighted by Gasteiger charge is -2.23. The summed E-state index contributed by atoms with van der Waals surface area (Å²) in [4.78, 5) is 16.8. The maximum Gasteiger partial charge on any atom is 0.322 e. The van der Waals surface area contributed by atoms with Crippen molar-refractivity contribution in [3.8, 4) is 0 Å². The number of carbonyl (C=O) groups is 1. The zero-order valence-electron chi connectivity index (χ0n) is 16.7. The number of hydrogen-bond donors (Lipinski definition) is 2. The van der Waals surface area contributed by atoms with Gasteiger partial charge in [0.2, 0.25) is 0 Å². The fraction of sp³-hybridized carbons (Fsp3) is 0.500. The Labute approximate surface area is 175 Å². The molecule has 1 aromatic rings. The van der Waals surface area contributed by atoms with Crippen LogP contribution in [0.4, 0.5) is 14.9 Å². The van der Waals surface area contributed by atoms with Crippen molar-refractivity contribution in [2.24, 2.45) is 15.1 Å². The smallest absolute Gasteiger partial charge is 0.322 e. The summed E-state index contributed by atoms with van der Waals surface area (Å²) in [6.45, 7) is 0.574. The van der Waals surface area contributed by atoms with Crippen LogP contribution in [0.3, 0.4) is 0 Å². The zero-order valence-corrected chi connectivity index (χ0v) is 17.5. The Morgan fingerprint density at radius 2 is 1.90 bits per heavy atom. The van der Waals surface area contributed by atoms with Crippen molar-refractivity contribution < 1.29 is 22.9 Å². The lowest BCUT2D eigenvalue weighted by Crippen LogP contribution is -2.30. The molecular weight excluding hydrogens is 411 g/mol. The molecule has 0 fully saturated rings. The number of rotatable bonds is 4. The van der Waals surface area contributed by atoms with Gasteiger partial charge >= 0.3 is 6.03 Å². The Hall–Kier alpha value is -2.46. The first-order chi connectivity index (χ1) is 14.5. The first kappa shape index (κ1) is 20.8. The summed E-state index contributed by atoms with van der Waals surface area (Å²) in [5, 5.41) is 2.76. The van der Waals surface area contributed by atoms with Crippen molar-refractivity contribution in [3.63, 3.8) is 0 Å². The van der Waals surface area contributed by atoms with Crippen LogP contribution in [0.15, 0.2) is 20.5 Å². The van der Waals surface area contributed by atoms with Gasteiger partial charge in [-0.05, 0) is 71.9 Å². The molecule has 8 nitrogen and oxygen atoms in total. The topological polar surface area (TPSA) is 115 Å². The highest BCUT2D eigenvalue weighted by Gasteiger charge is 2.29. The quantitative estimate of drug-likeness (QED) is 0.706. The van der Waals surface area contributed by atoms with Crippen LogP contribution >= 0.6 is 0 Å². The number of benzene rings is 1. The summed E-state index contributed by atoms with van der Waals surface area (Å²) >= 11 is 0. The van der Waals surface area contributed by atoms with Crippen molar-refractivity contribution in [2.45, 2.75) is 44.6 Å². The van der Waals surface area contributed by atoms with Crippen LogP contribution in [0.25, 0.3) is 0 Å². The minimum absolute atomic E-state index is 0.0225. The van der Waals surface area contributed by atoms with Gasteiger partial charge in [0, 0.05) is 12.8 Å². The molecule has 162 valence electrons. The average Bonchev–Trinajstić information content (AvgIpc) is 3.42. The van der Waals surface area contributed by atoms with E-state index in [2.05, 4.69) is 14.7 Å². The predicted octanol–water partition coefficient (Wildman–Crippen LogP) is 2.73. The molecule has 30 heavy (non-hydrogen) atoms. The molecule has 2 aliphatic carbocycles. The summed E-state index contributed by atoms with van der Waals surface area (Å²) in [5.41, 5.74) is 9.26. The van der Waals surface area contributed by atoms with Crippen LogP contribution in [-0.4, -0.2) is 38.3 Å². The Kier molecular flexibility index (Phi) is 6.05. The number of amides is 2. The minimum atomic E-state index is -2.09. The van der Waals surface area contributed by atoms with Gasteiger partial charge in [0.1, 0.15) is 18.5 Å². The number of halogens is 1. The number of carbonyl (C=O) groups excluding carboxylic acids is 1. The van der Waals surface area contributed by atoms with Crippen molar-refractivity contribution in [3.05, 3.63) is 39.2 Å². The number of aliphatic imine (C=N–C) groups is 1. The van der Waals surface area contributed by atoms with Crippen LogP contribution < -0.4 is 11.1 Å². The lowest BCUT2D eigenvalue weighted by molar-refractivity contribution is 0.0508. The van der Waals surface area contributed by atoms with Crippen molar-refractivity contribution >= 4 is 28.2 Å². The Morgan fingerprint density at radius 1 is 1.27 bits per heavy atom. The summed E-state index contributed by atoms with van der Waals surface area (Å²) in [6, 6.07) is -0.770. The van der Waals surface area contributed by atoms with Crippen LogP contribution in [0.2, 0.25) is 0 Å². The molecule has 3 aliphatic rings. The van der Waals surface area contributed by atoms with Crippen LogP contribution in [0.5, 0.6) is 0 Å². The van der Waals surface area contributed by atoms with Gasteiger partial charge in [-0.2, -0.15) is 0 Å². The van der Waals surface area contributed by atoms with Crippen LogP contribution in [-0.2, 0) is 50.0 Å². The van der Waals surface area contributed by atoms with Crippen LogP contribution in [0, 0.1) is 5.82 Å². The third kappa shape index (κ3) is 3.81. The van der Waals surface area contributed by atoms with Crippen molar-refractivity contribution in [1.29, 1.82) is 0 Å². The maximum absolute atomic E-state index is 14.8. The number of nitrogens with zero attached hydrogens (tertiary/aromatic N) is 2. The molecule has 0 radical (unpaired) electrons. The molecule has 0 unspecified atom stereocenters. The maximum atomic E-state index is 14.8. The summed E-state index contributed by atoms with van der Waals surface area (Å²) in [5.74, 6) is -0.0343. The fourth-order valence-electron chi connectivity index (χ4n) is 4.24. The molecule has 1 aromatic carbocycles. The number of urea groups is 1. The first-order valence-corrected chi connectivity index (χ1v) is 11.1. The van der Waals surface area contributed by atoms with Gasteiger partial charge in [-0.1, -0.05) is 0 Å². The molecule has 1 atom stereocenters. The van der Waals surface area contributed by atoms with E-state index in [1.165, 1.54) is 0 Å². The van der Waals surface area contributed by atoms with Gasteiger partial charge in [0.05, 0.1) is 6.54 Å². The molecule has 1 heterocycles. The number of anilines is 1. The summed E-state index contributed by atoms with van der Waals surface area (Å²) < 4.78 is 41.7. The Balaban J connectivity index is 1.57. The van der Waals surface area contributed by atoms with E-state index in [4.69, 9.17) is 15.2 Å². The molecule has 4 rings (SSSR count). The Morgan fingerprint density at radius 3 is 2.43 bits per heavy atom. The van der Waals surface area contributed by atoms with E-state index in [9.17, 15) is 13.4 Å². The van der Waals surface area contributed by atoms with E-state index >= 15 is 0 Å². The third-order valence-corrected chi connectivity index (χ3v) is 6.71. The number of methoxy groups -OCH3 is 1. The van der Waals surface area contributed by atoms with Gasteiger partial charge in [-0.25, -0.2) is 9.18 Å². The average molecular weight is 436 g/mol. The second-order valence-corrected chi connectivity index (χ2v) is 8.55. The monoisotopic (exact) mass is 435 g/mol. The normalized spacial score (nSPS) is 21.6. The molecule has 2 amide bonds. The van der Waals surface area contributed by atoms with Gasteiger partial charge in [0.15, 0.2) is 5.90 Å². The number of nitrogens with two attached hydrogens (primary N) is 1. The minimum Gasteiger partial charge on any atom is -0.476 e. The second kappa shape index (κ2) is 8.73. The standard InChI is InChI=1S/C20H24FN4O4S/c1-28-11-9-23-19(29-10-11)16(8-22)30(27)25-20(26)24-18-14-6-2-4-12(14)17(21)13-5-3-7-15(13)18/h8,11H,2-7,9-10,22H2,1H3,(H,24,26)/q-1/t11-/m0/s1. The molecule has 0 aromatic heterocycles. The number of hydrogen-bond acceptors (Lipinski definition) is 7. The highest BCUT2D eigenvalue weighted by atomic mass is 32.2. The molecule has 0 saturated carbocycles.